The Kier molecular flexibility index (Phi) is 7.35. The van der Waals surface area contributed by atoms with Crippen LogP contribution in [0.15, 0.2) is 84.9 Å². The van der Waals surface area contributed by atoms with Crippen molar-refractivity contribution < 1.29 is 18.3 Å². The highest BCUT2D eigenvalue weighted by molar-refractivity contribution is 5.37. The zero-order valence-corrected chi connectivity index (χ0v) is 18.7. The maximum Gasteiger partial charge on any atom is 0.165 e. The van der Waals surface area contributed by atoms with Gasteiger partial charge < -0.3 is 9.47 Å². The summed E-state index contributed by atoms with van der Waals surface area (Å²) < 4.78 is 40.2. The molecule has 6 heteroatoms. The molecule has 35 heavy (non-hydrogen) atoms. The van der Waals surface area contributed by atoms with E-state index in [2.05, 4.69) is 0 Å². The summed E-state index contributed by atoms with van der Waals surface area (Å²) in [7, 11) is 0. The first kappa shape index (κ1) is 23.5. The van der Waals surface area contributed by atoms with E-state index < -0.39 is 11.6 Å². The number of hydrogen-bond acceptors (Lipinski definition) is 4. The zero-order chi connectivity index (χ0) is 24.6. The third-order valence-corrected chi connectivity index (χ3v) is 5.36. The van der Waals surface area contributed by atoms with E-state index >= 15 is 0 Å². The lowest BCUT2D eigenvalue weighted by molar-refractivity contribution is 0.290. The van der Waals surface area contributed by atoms with Crippen LogP contribution >= 0.6 is 0 Å². The normalized spacial score (nSPS) is 10.3. The SMILES string of the molecule is N#Cc1ccc(COc2ccc(Cc3ccc(OCc4ccc(C#N)cc4)c(F)c3)cc2F)cc1. The van der Waals surface area contributed by atoms with Crippen molar-refractivity contribution in [1.29, 1.82) is 10.5 Å². The molecule has 172 valence electrons. The molecule has 0 atom stereocenters. The number of nitriles is 2. The molecule has 0 bridgehead atoms. The lowest BCUT2D eigenvalue weighted by Gasteiger charge is -2.11. The Bertz CT molecular complexity index is 1290. The average molecular weight is 466 g/mol. The molecule has 0 amide bonds. The smallest absolute Gasteiger partial charge is 0.165 e. The molecule has 0 N–H and O–H groups in total. The maximum absolute atomic E-state index is 14.5. The van der Waals surface area contributed by atoms with Gasteiger partial charge in [0.1, 0.15) is 13.2 Å². The van der Waals surface area contributed by atoms with E-state index in [-0.39, 0.29) is 24.7 Å². The van der Waals surface area contributed by atoms with Crippen LogP contribution < -0.4 is 9.47 Å². The van der Waals surface area contributed by atoms with E-state index in [1.54, 1.807) is 72.8 Å². The van der Waals surface area contributed by atoms with Gasteiger partial charge in [-0.25, -0.2) is 8.78 Å². The van der Waals surface area contributed by atoms with Crippen LogP contribution in [-0.4, -0.2) is 0 Å². The maximum atomic E-state index is 14.5. The fourth-order valence-corrected chi connectivity index (χ4v) is 3.45. The second kappa shape index (κ2) is 11.0. The van der Waals surface area contributed by atoms with E-state index in [4.69, 9.17) is 20.0 Å². The summed E-state index contributed by atoms with van der Waals surface area (Å²) in [5.41, 5.74) is 4.10. The lowest BCUT2D eigenvalue weighted by Crippen LogP contribution is -2.00. The van der Waals surface area contributed by atoms with Gasteiger partial charge in [0.15, 0.2) is 23.1 Å². The Labute approximate surface area is 202 Å². The van der Waals surface area contributed by atoms with Crippen molar-refractivity contribution in [3.8, 4) is 23.6 Å². The Morgan fingerprint density at radius 1 is 0.543 bits per heavy atom. The van der Waals surface area contributed by atoms with Gasteiger partial charge in [0.2, 0.25) is 0 Å². The standard InChI is InChI=1S/C29H20F2N2O2/c30-26-14-24(9-11-28(26)34-18-22-5-1-20(16-32)2-6-22)13-25-10-12-29(27(31)15-25)35-19-23-7-3-21(17-33)4-8-23/h1-12,14-15H,13,18-19H2. The van der Waals surface area contributed by atoms with Crippen LogP contribution in [0.1, 0.15) is 33.4 Å². The van der Waals surface area contributed by atoms with E-state index in [9.17, 15) is 8.78 Å². The zero-order valence-electron chi connectivity index (χ0n) is 18.7. The summed E-state index contributed by atoms with van der Waals surface area (Å²) in [6.07, 6.45) is 0.347. The second-order valence-corrected chi connectivity index (χ2v) is 7.90. The van der Waals surface area contributed by atoms with Gasteiger partial charge in [0.25, 0.3) is 0 Å². The van der Waals surface area contributed by atoms with Crippen LogP contribution in [-0.2, 0) is 19.6 Å². The number of rotatable bonds is 8. The number of ether oxygens (including phenoxy) is 2. The van der Waals surface area contributed by atoms with Gasteiger partial charge in [-0.2, -0.15) is 10.5 Å². The molecule has 0 spiro atoms. The second-order valence-electron chi connectivity index (χ2n) is 7.90. The summed E-state index contributed by atoms with van der Waals surface area (Å²) in [4.78, 5) is 0. The fourth-order valence-electron chi connectivity index (χ4n) is 3.45. The highest BCUT2D eigenvalue weighted by Crippen LogP contribution is 2.24. The number of hydrogen-bond donors (Lipinski definition) is 0. The summed E-state index contributed by atoms with van der Waals surface area (Å²) in [6.45, 7) is 0.355. The minimum absolute atomic E-state index is 0.121. The molecule has 0 heterocycles. The van der Waals surface area contributed by atoms with Crippen LogP contribution in [0.25, 0.3) is 0 Å². The molecule has 4 rings (SSSR count). The fraction of sp³-hybridized carbons (Fsp3) is 0.103. The predicted octanol–water partition coefficient (Wildman–Crippen LogP) is 6.46. The van der Waals surface area contributed by atoms with Gasteiger partial charge >= 0.3 is 0 Å². The first-order valence-electron chi connectivity index (χ1n) is 10.8. The van der Waals surface area contributed by atoms with Crippen LogP contribution in [0.5, 0.6) is 11.5 Å². The number of nitrogens with zero attached hydrogens (tertiary/aromatic N) is 2. The molecule has 0 aliphatic rings. The van der Waals surface area contributed by atoms with Gasteiger partial charge in [0.05, 0.1) is 23.3 Å². The Hall–Kier alpha value is -4.68. The van der Waals surface area contributed by atoms with Crippen LogP contribution in [0.3, 0.4) is 0 Å². The highest BCUT2D eigenvalue weighted by atomic mass is 19.1. The molecular weight excluding hydrogens is 446 g/mol. The summed E-state index contributed by atoms with van der Waals surface area (Å²) >= 11 is 0. The van der Waals surface area contributed by atoms with Crippen molar-refractivity contribution in [2.24, 2.45) is 0 Å². The first-order valence-corrected chi connectivity index (χ1v) is 10.8. The number of halogens is 2. The minimum Gasteiger partial charge on any atom is -0.486 e. The van der Waals surface area contributed by atoms with Gasteiger partial charge in [0, 0.05) is 0 Å². The molecule has 0 aromatic heterocycles. The molecule has 0 aliphatic heterocycles. The molecule has 4 aromatic rings. The molecule has 0 saturated heterocycles. The minimum atomic E-state index is -0.501. The molecule has 0 radical (unpaired) electrons. The summed E-state index contributed by atoms with van der Waals surface area (Å²) in [5, 5.41) is 17.7. The predicted molar refractivity (Wildman–Crippen MR) is 127 cm³/mol. The molecule has 4 aromatic carbocycles. The van der Waals surface area contributed by atoms with Gasteiger partial charge in [-0.1, -0.05) is 36.4 Å². The third kappa shape index (κ3) is 6.22. The first-order chi connectivity index (χ1) is 17.0. The van der Waals surface area contributed by atoms with Crippen LogP contribution in [0, 0.1) is 34.3 Å². The van der Waals surface area contributed by atoms with Crippen molar-refractivity contribution in [3.05, 3.63) is 130 Å². The third-order valence-electron chi connectivity index (χ3n) is 5.36. The molecule has 0 saturated carbocycles. The van der Waals surface area contributed by atoms with E-state index in [1.807, 2.05) is 12.1 Å². The van der Waals surface area contributed by atoms with E-state index in [0.717, 1.165) is 11.1 Å². The van der Waals surface area contributed by atoms with Crippen molar-refractivity contribution >= 4 is 0 Å². The van der Waals surface area contributed by atoms with Crippen molar-refractivity contribution in [1.82, 2.24) is 0 Å². The highest BCUT2D eigenvalue weighted by Gasteiger charge is 2.09. The molecule has 0 unspecified atom stereocenters. The molecule has 0 aliphatic carbocycles. The Morgan fingerprint density at radius 3 is 1.26 bits per heavy atom. The molecular formula is C29H20F2N2O2. The van der Waals surface area contributed by atoms with Crippen LogP contribution in [0.4, 0.5) is 8.78 Å². The van der Waals surface area contributed by atoms with Crippen molar-refractivity contribution in [2.75, 3.05) is 0 Å². The summed E-state index contributed by atoms with van der Waals surface area (Å²) in [5.74, 6) is -0.760. The molecule has 0 fully saturated rings. The van der Waals surface area contributed by atoms with Gasteiger partial charge in [-0.05, 0) is 77.2 Å². The van der Waals surface area contributed by atoms with E-state index in [1.165, 1.54) is 12.1 Å². The van der Waals surface area contributed by atoms with Crippen molar-refractivity contribution in [3.63, 3.8) is 0 Å². The number of benzene rings is 4. The Balaban J connectivity index is 1.35. The van der Waals surface area contributed by atoms with Gasteiger partial charge in [-0.3, -0.25) is 0 Å². The largest absolute Gasteiger partial charge is 0.486 e. The lowest BCUT2D eigenvalue weighted by atomic mass is 10.0. The quantitative estimate of drug-likeness (QED) is 0.299. The molecule has 4 nitrogen and oxygen atoms in total. The van der Waals surface area contributed by atoms with Crippen molar-refractivity contribution in [2.45, 2.75) is 19.6 Å². The van der Waals surface area contributed by atoms with E-state index in [0.29, 0.717) is 28.7 Å². The topological polar surface area (TPSA) is 66.0 Å². The summed E-state index contributed by atoms with van der Waals surface area (Å²) in [6, 6.07) is 27.2. The van der Waals surface area contributed by atoms with Gasteiger partial charge in [-0.15, -0.1) is 0 Å². The average Bonchev–Trinajstić information content (AvgIpc) is 2.88. The van der Waals surface area contributed by atoms with Crippen LogP contribution in [0.2, 0.25) is 0 Å². The monoisotopic (exact) mass is 466 g/mol. The Morgan fingerprint density at radius 2 is 0.914 bits per heavy atom.